The fourth-order valence-corrected chi connectivity index (χ4v) is 1.51. The Labute approximate surface area is 76.3 Å². The molecule has 1 rings (SSSR count). The smallest absolute Gasteiger partial charge is 0.165 e. The highest BCUT2D eigenvalue weighted by atomic mass is 79.9. The first kappa shape index (κ1) is 8.85. The number of rotatable bonds is 3. The van der Waals surface area contributed by atoms with Crippen LogP contribution >= 0.6 is 15.9 Å². The van der Waals surface area contributed by atoms with E-state index in [9.17, 15) is 0 Å². The molecule has 0 bridgehead atoms. The molecule has 0 amide bonds. The van der Waals surface area contributed by atoms with Crippen LogP contribution in [0.4, 0.5) is 0 Å². The first-order valence-corrected chi connectivity index (χ1v) is 4.65. The highest BCUT2D eigenvalue weighted by Crippen LogP contribution is 2.39. The Balaban J connectivity index is 2.71. The minimum absolute atomic E-state index is 0.737. The largest absolute Gasteiger partial charge is 0.490 e. The van der Waals surface area contributed by atoms with Crippen LogP contribution in [0.5, 0.6) is 0 Å². The molecule has 0 saturated heterocycles. The predicted octanol–water partition coefficient (Wildman–Crippen LogP) is 3.23. The molecule has 0 aliphatic heterocycles. The summed E-state index contributed by atoms with van der Waals surface area (Å²) in [5.74, 6) is 0.737. The number of hydrogen-bond acceptors (Lipinski definition) is 1. The summed E-state index contributed by atoms with van der Waals surface area (Å²) in [5, 5.41) is 0. The van der Waals surface area contributed by atoms with Gasteiger partial charge in [0.25, 0.3) is 0 Å². The van der Waals surface area contributed by atoms with Crippen molar-refractivity contribution >= 4 is 15.9 Å². The summed E-state index contributed by atoms with van der Waals surface area (Å²) in [7, 11) is 1.69. The average molecular weight is 217 g/mol. The summed E-state index contributed by atoms with van der Waals surface area (Å²) in [6, 6.07) is 0. The number of allylic oxidation sites excluding steroid dienone is 3. The van der Waals surface area contributed by atoms with E-state index in [-0.39, 0.29) is 0 Å². The lowest BCUT2D eigenvalue weighted by molar-refractivity contribution is 0.323. The monoisotopic (exact) mass is 216 g/mol. The van der Waals surface area contributed by atoms with E-state index in [1.165, 1.54) is 18.4 Å². The summed E-state index contributed by atoms with van der Waals surface area (Å²) in [6.07, 6.45) is 6.77. The number of halogens is 1. The van der Waals surface area contributed by atoms with Crippen molar-refractivity contribution in [3.63, 3.8) is 0 Å². The Bertz CT molecular complexity index is 190. The van der Waals surface area contributed by atoms with Gasteiger partial charge >= 0.3 is 0 Å². The van der Waals surface area contributed by atoms with Crippen molar-refractivity contribution in [3.05, 3.63) is 22.4 Å². The van der Waals surface area contributed by atoms with Gasteiger partial charge in [-0.15, -0.1) is 0 Å². The number of hydrogen-bond donors (Lipinski definition) is 0. The molecule has 0 aromatic carbocycles. The predicted molar refractivity (Wildman–Crippen MR) is 50.5 cm³/mol. The van der Waals surface area contributed by atoms with E-state index < -0.39 is 0 Å². The third kappa shape index (κ3) is 2.37. The average Bonchev–Trinajstić information content (AvgIpc) is 2.81. The van der Waals surface area contributed by atoms with Gasteiger partial charge in [0.05, 0.1) is 7.11 Å². The molecule has 1 nitrogen and oxygen atoms in total. The molecule has 0 aromatic rings. The molecule has 2 heteroatoms. The topological polar surface area (TPSA) is 9.23 Å². The van der Waals surface area contributed by atoms with Crippen molar-refractivity contribution in [1.82, 2.24) is 0 Å². The van der Waals surface area contributed by atoms with Gasteiger partial charge in [-0.1, -0.05) is 12.2 Å². The molecule has 0 atom stereocenters. The standard InChI is InChI=1S/C9H13BrO/c1-3-4-8(7-5-6-7)9(10)11-2/h3-4,7H,5-6H2,1-2H3/b4-3-,9-8+. The molecule has 0 radical (unpaired) electrons. The Morgan fingerprint density at radius 1 is 1.55 bits per heavy atom. The van der Waals surface area contributed by atoms with E-state index in [1.807, 2.05) is 13.0 Å². The summed E-state index contributed by atoms with van der Waals surface area (Å²) < 4.78 is 6.00. The lowest BCUT2D eigenvalue weighted by Crippen LogP contribution is -1.87. The van der Waals surface area contributed by atoms with Crippen molar-refractivity contribution in [3.8, 4) is 0 Å². The Morgan fingerprint density at radius 3 is 2.55 bits per heavy atom. The zero-order chi connectivity index (χ0) is 8.27. The van der Waals surface area contributed by atoms with Gasteiger partial charge in [-0.3, -0.25) is 0 Å². The quantitative estimate of drug-likeness (QED) is 0.521. The second-order valence-electron chi connectivity index (χ2n) is 2.71. The van der Waals surface area contributed by atoms with E-state index in [0.717, 1.165) is 10.6 Å². The molecule has 1 aliphatic rings. The van der Waals surface area contributed by atoms with Crippen molar-refractivity contribution in [2.75, 3.05) is 7.11 Å². The zero-order valence-electron chi connectivity index (χ0n) is 6.93. The van der Waals surface area contributed by atoms with Crippen LogP contribution in [-0.2, 0) is 4.74 Å². The number of ether oxygens (including phenoxy) is 1. The number of methoxy groups -OCH3 is 1. The maximum atomic E-state index is 5.11. The molecular weight excluding hydrogens is 204 g/mol. The third-order valence-electron chi connectivity index (χ3n) is 1.77. The Hall–Kier alpha value is -0.240. The van der Waals surface area contributed by atoms with Gasteiger partial charge in [-0.25, -0.2) is 0 Å². The van der Waals surface area contributed by atoms with Crippen LogP contribution in [0.2, 0.25) is 0 Å². The zero-order valence-corrected chi connectivity index (χ0v) is 8.52. The van der Waals surface area contributed by atoms with Crippen molar-refractivity contribution in [2.45, 2.75) is 19.8 Å². The van der Waals surface area contributed by atoms with E-state index in [1.54, 1.807) is 7.11 Å². The van der Waals surface area contributed by atoms with Gasteiger partial charge in [0, 0.05) is 5.57 Å². The summed E-state index contributed by atoms with van der Waals surface area (Å²) >= 11 is 3.39. The summed E-state index contributed by atoms with van der Waals surface area (Å²) in [4.78, 5) is 0. The minimum atomic E-state index is 0.737. The lowest BCUT2D eigenvalue weighted by Gasteiger charge is -2.02. The molecule has 0 N–H and O–H groups in total. The molecule has 62 valence electrons. The third-order valence-corrected chi connectivity index (χ3v) is 2.55. The second kappa shape index (κ2) is 3.96. The molecule has 11 heavy (non-hydrogen) atoms. The first-order valence-electron chi connectivity index (χ1n) is 3.86. The maximum Gasteiger partial charge on any atom is 0.165 e. The van der Waals surface area contributed by atoms with Crippen LogP contribution in [0, 0.1) is 5.92 Å². The van der Waals surface area contributed by atoms with Crippen LogP contribution in [0.25, 0.3) is 0 Å². The molecule has 0 heterocycles. The van der Waals surface area contributed by atoms with Crippen molar-refractivity contribution in [2.24, 2.45) is 5.92 Å². The van der Waals surface area contributed by atoms with Gasteiger partial charge in [0.15, 0.2) is 4.67 Å². The highest BCUT2D eigenvalue weighted by molar-refractivity contribution is 9.11. The van der Waals surface area contributed by atoms with Crippen LogP contribution in [0.3, 0.4) is 0 Å². The Morgan fingerprint density at radius 2 is 2.18 bits per heavy atom. The highest BCUT2D eigenvalue weighted by Gasteiger charge is 2.26. The van der Waals surface area contributed by atoms with Gasteiger partial charge in [-0.2, -0.15) is 0 Å². The van der Waals surface area contributed by atoms with Crippen molar-refractivity contribution in [1.29, 1.82) is 0 Å². The summed E-state index contributed by atoms with van der Waals surface area (Å²) in [6.45, 7) is 2.03. The van der Waals surface area contributed by atoms with E-state index in [0.29, 0.717) is 0 Å². The second-order valence-corrected chi connectivity index (χ2v) is 3.43. The lowest BCUT2D eigenvalue weighted by atomic mass is 10.2. The van der Waals surface area contributed by atoms with Gasteiger partial charge in [0.2, 0.25) is 0 Å². The minimum Gasteiger partial charge on any atom is -0.490 e. The fourth-order valence-electron chi connectivity index (χ4n) is 1.05. The molecule has 1 aliphatic carbocycles. The van der Waals surface area contributed by atoms with Crippen LogP contribution in [0.1, 0.15) is 19.8 Å². The van der Waals surface area contributed by atoms with E-state index >= 15 is 0 Å². The molecule has 0 unspecified atom stereocenters. The molecule has 0 spiro atoms. The van der Waals surface area contributed by atoms with Gasteiger partial charge in [0.1, 0.15) is 0 Å². The maximum absolute atomic E-state index is 5.11. The summed E-state index contributed by atoms with van der Waals surface area (Å²) in [5.41, 5.74) is 1.30. The van der Waals surface area contributed by atoms with Gasteiger partial charge < -0.3 is 4.74 Å². The van der Waals surface area contributed by atoms with E-state index in [4.69, 9.17) is 4.74 Å². The first-order chi connectivity index (χ1) is 5.29. The molecular formula is C9H13BrO. The van der Waals surface area contributed by atoms with Crippen molar-refractivity contribution < 1.29 is 4.74 Å². The van der Waals surface area contributed by atoms with Crippen LogP contribution in [-0.4, -0.2) is 7.11 Å². The van der Waals surface area contributed by atoms with Crippen LogP contribution < -0.4 is 0 Å². The normalized spacial score (nSPS) is 20.3. The van der Waals surface area contributed by atoms with E-state index in [2.05, 4.69) is 22.0 Å². The Kier molecular flexibility index (Phi) is 3.18. The fraction of sp³-hybridized carbons (Fsp3) is 0.556. The molecule has 0 aromatic heterocycles. The SMILES string of the molecule is C/C=C\C(=C(\Br)OC)C1CC1. The molecule has 1 saturated carbocycles. The van der Waals surface area contributed by atoms with Gasteiger partial charge in [-0.05, 0) is 41.6 Å². The van der Waals surface area contributed by atoms with Crippen LogP contribution in [0.15, 0.2) is 22.4 Å². The molecule has 1 fully saturated rings.